The molecule has 0 atom stereocenters. The molecule has 0 aromatic heterocycles. The normalized spacial score (nSPS) is 11.2. The van der Waals surface area contributed by atoms with Crippen molar-refractivity contribution in [3.63, 3.8) is 0 Å². The van der Waals surface area contributed by atoms with E-state index in [2.05, 4.69) is 43.9 Å². The van der Waals surface area contributed by atoms with Gasteiger partial charge >= 0.3 is 7.48 Å². The van der Waals surface area contributed by atoms with Crippen molar-refractivity contribution < 1.29 is 4.76 Å². The summed E-state index contributed by atoms with van der Waals surface area (Å²) in [6, 6.07) is 16.3. The van der Waals surface area contributed by atoms with Gasteiger partial charge in [-0.25, -0.2) is 5.06 Å². The molecule has 0 fully saturated rings. The highest BCUT2D eigenvalue weighted by Gasteiger charge is 2.17. The van der Waals surface area contributed by atoms with Crippen LogP contribution in [-0.2, 0) is 4.76 Å². The van der Waals surface area contributed by atoms with E-state index in [0.717, 1.165) is 17.1 Å². The molecule has 0 spiro atoms. The van der Waals surface area contributed by atoms with Gasteiger partial charge in [0, 0.05) is 5.69 Å². The van der Waals surface area contributed by atoms with Gasteiger partial charge in [0.15, 0.2) is 0 Å². The Balaban J connectivity index is 2.32. The Bertz CT molecular complexity index is 579. The van der Waals surface area contributed by atoms with Crippen LogP contribution in [0.4, 0.5) is 17.1 Å². The highest BCUT2D eigenvalue weighted by molar-refractivity contribution is 6.88. The number of hydrogen-bond acceptors (Lipinski definition) is 3. The van der Waals surface area contributed by atoms with Crippen molar-refractivity contribution >= 4 is 37.8 Å². The lowest BCUT2D eigenvalue weighted by Gasteiger charge is -2.25. The van der Waals surface area contributed by atoms with E-state index in [1.54, 1.807) is 12.5 Å². The largest absolute Gasteiger partial charge is 0.399 e. The Hall–Kier alpha value is -1.72. The highest BCUT2D eigenvalue weighted by atomic mass is 28.3. The number of nitrogens with two attached hydrogens (primary N) is 1. The summed E-state index contributed by atoms with van der Waals surface area (Å²) in [5.74, 6) is 0. The summed E-state index contributed by atoms with van der Waals surface area (Å²) in [6.45, 7) is 8.89. The van der Waals surface area contributed by atoms with Gasteiger partial charge in [-0.1, -0.05) is 43.8 Å². The molecule has 3 nitrogen and oxygen atoms in total. The van der Waals surface area contributed by atoms with Crippen molar-refractivity contribution in [1.82, 2.24) is 0 Å². The first-order valence-corrected chi connectivity index (χ1v) is 10.6. The predicted octanol–water partition coefficient (Wildman–Crippen LogP) is 3.55. The second kappa shape index (κ2) is 6.37. The SMILES string of the molecule is C[B]ON(c1ccc(N)cc1)c1ccc([Si](C)(C)C)cc1. The summed E-state index contributed by atoms with van der Waals surface area (Å²) < 4.78 is 5.66. The van der Waals surface area contributed by atoms with E-state index in [0.29, 0.717) is 0 Å². The van der Waals surface area contributed by atoms with Crippen LogP contribution in [0.2, 0.25) is 26.5 Å². The van der Waals surface area contributed by atoms with Crippen molar-refractivity contribution in [2.24, 2.45) is 0 Å². The van der Waals surface area contributed by atoms with Gasteiger partial charge in [0.05, 0.1) is 19.4 Å². The zero-order chi connectivity index (χ0) is 15.5. The topological polar surface area (TPSA) is 38.5 Å². The molecule has 5 heteroatoms. The zero-order valence-electron chi connectivity index (χ0n) is 13.1. The van der Waals surface area contributed by atoms with E-state index in [1.807, 2.05) is 31.1 Å². The molecule has 0 unspecified atom stereocenters. The van der Waals surface area contributed by atoms with Crippen molar-refractivity contribution in [3.8, 4) is 0 Å². The maximum absolute atomic E-state index is 5.74. The second-order valence-electron chi connectivity index (χ2n) is 6.02. The second-order valence-corrected chi connectivity index (χ2v) is 11.1. The maximum atomic E-state index is 5.74. The summed E-state index contributed by atoms with van der Waals surface area (Å²) >= 11 is 0. The quantitative estimate of drug-likeness (QED) is 0.521. The smallest absolute Gasteiger partial charge is 0.331 e. The molecule has 109 valence electrons. The minimum absolute atomic E-state index is 0.744. The van der Waals surface area contributed by atoms with E-state index in [-0.39, 0.29) is 0 Å². The average molecular weight is 297 g/mol. The third-order valence-corrected chi connectivity index (χ3v) is 5.37. The number of anilines is 3. The van der Waals surface area contributed by atoms with Gasteiger partial charge in [0.1, 0.15) is 0 Å². The number of nitrogens with zero attached hydrogens (tertiary/aromatic N) is 1. The Labute approximate surface area is 129 Å². The molecule has 0 amide bonds. The zero-order valence-corrected chi connectivity index (χ0v) is 14.1. The number of nitrogen functional groups attached to an aromatic ring is 1. The Morgan fingerprint density at radius 1 is 0.905 bits per heavy atom. The van der Waals surface area contributed by atoms with Crippen LogP contribution in [0.15, 0.2) is 48.5 Å². The predicted molar refractivity (Wildman–Crippen MR) is 95.1 cm³/mol. The third-order valence-electron chi connectivity index (χ3n) is 3.31. The lowest BCUT2D eigenvalue weighted by atomic mass is 10.1. The van der Waals surface area contributed by atoms with Gasteiger partial charge < -0.3 is 10.5 Å². The van der Waals surface area contributed by atoms with Crippen LogP contribution in [0.1, 0.15) is 0 Å². The summed E-state index contributed by atoms with van der Waals surface area (Å²) in [6.07, 6.45) is 0. The van der Waals surface area contributed by atoms with Crippen LogP contribution in [0.3, 0.4) is 0 Å². The van der Waals surface area contributed by atoms with Crippen molar-refractivity contribution in [2.75, 3.05) is 10.8 Å². The molecule has 21 heavy (non-hydrogen) atoms. The summed E-state index contributed by atoms with van der Waals surface area (Å²) in [4.78, 5) is 0. The molecule has 0 saturated heterocycles. The summed E-state index contributed by atoms with van der Waals surface area (Å²) in [7, 11) is 0.389. The van der Waals surface area contributed by atoms with E-state index in [9.17, 15) is 0 Å². The molecule has 2 rings (SSSR count). The first-order valence-electron chi connectivity index (χ1n) is 7.12. The van der Waals surface area contributed by atoms with Crippen LogP contribution in [0.5, 0.6) is 0 Å². The van der Waals surface area contributed by atoms with Crippen LogP contribution >= 0.6 is 0 Å². The first-order chi connectivity index (χ1) is 9.91. The van der Waals surface area contributed by atoms with E-state index >= 15 is 0 Å². The fourth-order valence-corrected chi connectivity index (χ4v) is 3.25. The van der Waals surface area contributed by atoms with E-state index in [1.165, 1.54) is 5.19 Å². The minimum atomic E-state index is -1.28. The van der Waals surface area contributed by atoms with Gasteiger partial charge in [-0.3, -0.25) is 0 Å². The molecule has 0 saturated carbocycles. The maximum Gasteiger partial charge on any atom is 0.331 e. The molecule has 0 aliphatic heterocycles. The lowest BCUT2D eigenvalue weighted by Crippen LogP contribution is -2.37. The highest BCUT2D eigenvalue weighted by Crippen LogP contribution is 2.26. The van der Waals surface area contributed by atoms with E-state index < -0.39 is 8.07 Å². The summed E-state index contributed by atoms with van der Waals surface area (Å²) in [5.41, 5.74) is 8.44. The molecular weight excluding hydrogens is 275 g/mol. The minimum Gasteiger partial charge on any atom is -0.399 e. The van der Waals surface area contributed by atoms with Crippen LogP contribution in [-0.4, -0.2) is 15.6 Å². The van der Waals surface area contributed by atoms with Crippen LogP contribution in [0.25, 0.3) is 0 Å². The molecule has 1 radical (unpaired) electrons. The fourth-order valence-electron chi connectivity index (χ4n) is 2.08. The lowest BCUT2D eigenvalue weighted by molar-refractivity contribution is 0.346. The standard InChI is InChI=1S/C16H22BN2OSi/c1-17-20-19(14-7-5-13(18)6-8-14)15-9-11-16(12-10-15)21(2,3)4/h5-12H,18H2,1-4H3. The number of benzene rings is 2. The molecule has 2 aromatic rings. The molecule has 2 N–H and O–H groups in total. The Kier molecular flexibility index (Phi) is 4.75. The van der Waals surface area contributed by atoms with Gasteiger partial charge in [-0.15, -0.1) is 0 Å². The molecule has 0 aliphatic rings. The van der Waals surface area contributed by atoms with Crippen LogP contribution < -0.4 is 16.0 Å². The van der Waals surface area contributed by atoms with Gasteiger partial charge in [-0.2, -0.15) is 0 Å². The monoisotopic (exact) mass is 297 g/mol. The van der Waals surface area contributed by atoms with Gasteiger partial charge in [-0.05, 0) is 36.4 Å². The molecule has 0 aliphatic carbocycles. The van der Waals surface area contributed by atoms with Gasteiger partial charge in [0.25, 0.3) is 0 Å². The van der Waals surface area contributed by atoms with Gasteiger partial charge in [0.2, 0.25) is 0 Å². The number of hydrogen-bond donors (Lipinski definition) is 1. The Morgan fingerprint density at radius 2 is 1.38 bits per heavy atom. The average Bonchev–Trinajstić information content (AvgIpc) is 2.45. The Morgan fingerprint density at radius 3 is 1.81 bits per heavy atom. The fraction of sp³-hybridized carbons (Fsp3) is 0.250. The van der Waals surface area contributed by atoms with Crippen molar-refractivity contribution in [2.45, 2.75) is 26.5 Å². The first kappa shape index (κ1) is 15.7. The summed E-state index contributed by atoms with van der Waals surface area (Å²) in [5, 5.41) is 3.23. The molecule has 0 heterocycles. The number of rotatable bonds is 5. The molecule has 0 bridgehead atoms. The van der Waals surface area contributed by atoms with Crippen molar-refractivity contribution in [1.29, 1.82) is 0 Å². The van der Waals surface area contributed by atoms with E-state index in [4.69, 9.17) is 10.5 Å². The van der Waals surface area contributed by atoms with Crippen molar-refractivity contribution in [3.05, 3.63) is 48.5 Å². The molecule has 2 aromatic carbocycles. The molecular formula is C16H22BN2OSi. The third kappa shape index (κ3) is 3.89. The van der Waals surface area contributed by atoms with Crippen LogP contribution in [0, 0.1) is 0 Å².